The minimum Gasteiger partial charge on any atom is -0.398 e. The molecular weight excluding hydrogens is 251 g/mol. The van der Waals surface area contributed by atoms with Crippen LogP contribution in [-0.4, -0.2) is 0 Å². The summed E-state index contributed by atoms with van der Waals surface area (Å²) in [6, 6.07) is 9.24. The molecule has 0 heterocycles. The molecule has 2 N–H and O–H groups in total. The Labute approximate surface area is 109 Å². The lowest BCUT2D eigenvalue weighted by molar-refractivity contribution is -0.137. The van der Waals surface area contributed by atoms with E-state index in [1.807, 2.05) is 32.0 Å². The van der Waals surface area contributed by atoms with Crippen LogP contribution in [0.4, 0.5) is 18.9 Å². The van der Waals surface area contributed by atoms with Gasteiger partial charge < -0.3 is 5.73 Å². The highest BCUT2D eigenvalue weighted by molar-refractivity contribution is 5.79. The fourth-order valence-corrected chi connectivity index (χ4v) is 2.10. The first-order chi connectivity index (χ1) is 8.79. The fraction of sp³-hybridized carbons (Fsp3) is 0.200. The maximum absolute atomic E-state index is 12.6. The molecule has 0 spiro atoms. The first-order valence-corrected chi connectivity index (χ1v) is 5.83. The third-order valence-electron chi connectivity index (χ3n) is 3.05. The van der Waals surface area contributed by atoms with Crippen LogP contribution in [0.3, 0.4) is 0 Å². The fourth-order valence-electron chi connectivity index (χ4n) is 2.10. The summed E-state index contributed by atoms with van der Waals surface area (Å²) in [5.74, 6) is 0. The van der Waals surface area contributed by atoms with Crippen molar-refractivity contribution in [2.75, 3.05) is 5.73 Å². The van der Waals surface area contributed by atoms with E-state index in [2.05, 4.69) is 0 Å². The van der Waals surface area contributed by atoms with Crippen LogP contribution in [0.25, 0.3) is 11.1 Å². The topological polar surface area (TPSA) is 26.0 Å². The summed E-state index contributed by atoms with van der Waals surface area (Å²) in [5.41, 5.74) is 8.76. The molecule has 2 aromatic rings. The quantitative estimate of drug-likeness (QED) is 0.751. The number of nitrogens with two attached hydrogens (primary N) is 1. The maximum Gasteiger partial charge on any atom is 0.416 e. The number of hydrogen-bond acceptors (Lipinski definition) is 1. The first-order valence-electron chi connectivity index (χ1n) is 5.83. The molecule has 0 atom stereocenters. The van der Waals surface area contributed by atoms with Crippen LogP contribution in [0.15, 0.2) is 36.4 Å². The van der Waals surface area contributed by atoms with Gasteiger partial charge in [0.05, 0.1) is 5.56 Å². The second-order valence-electron chi connectivity index (χ2n) is 4.62. The molecule has 19 heavy (non-hydrogen) atoms. The van der Waals surface area contributed by atoms with Gasteiger partial charge in [-0.3, -0.25) is 0 Å². The Hall–Kier alpha value is -1.97. The summed E-state index contributed by atoms with van der Waals surface area (Å²) in [6.07, 6.45) is -4.37. The smallest absolute Gasteiger partial charge is 0.398 e. The van der Waals surface area contributed by atoms with Gasteiger partial charge in [0.2, 0.25) is 0 Å². The van der Waals surface area contributed by atoms with E-state index >= 15 is 0 Å². The normalized spacial score (nSPS) is 11.6. The summed E-state index contributed by atoms with van der Waals surface area (Å²) in [6.45, 7) is 3.88. The van der Waals surface area contributed by atoms with Crippen LogP contribution in [0.2, 0.25) is 0 Å². The lowest BCUT2D eigenvalue weighted by Crippen LogP contribution is -2.06. The molecule has 2 rings (SSSR count). The Morgan fingerprint density at radius 3 is 2.05 bits per heavy atom. The summed E-state index contributed by atoms with van der Waals surface area (Å²) in [4.78, 5) is 0. The van der Waals surface area contributed by atoms with Gasteiger partial charge in [-0.05, 0) is 37.1 Å². The highest BCUT2D eigenvalue weighted by Gasteiger charge is 2.30. The van der Waals surface area contributed by atoms with Crippen LogP contribution in [0.5, 0.6) is 0 Å². The van der Waals surface area contributed by atoms with E-state index in [4.69, 9.17) is 5.73 Å². The van der Waals surface area contributed by atoms with Crippen LogP contribution >= 0.6 is 0 Å². The van der Waals surface area contributed by atoms with Crippen molar-refractivity contribution in [2.45, 2.75) is 20.0 Å². The van der Waals surface area contributed by atoms with Crippen LogP contribution in [0.1, 0.15) is 16.7 Å². The highest BCUT2D eigenvalue weighted by atomic mass is 19.4. The van der Waals surface area contributed by atoms with Crippen LogP contribution in [0, 0.1) is 13.8 Å². The van der Waals surface area contributed by atoms with E-state index < -0.39 is 11.7 Å². The molecule has 100 valence electrons. The van der Waals surface area contributed by atoms with Gasteiger partial charge in [-0.15, -0.1) is 0 Å². The van der Waals surface area contributed by atoms with E-state index in [0.717, 1.165) is 28.8 Å². The van der Waals surface area contributed by atoms with E-state index in [1.165, 1.54) is 6.07 Å². The largest absolute Gasteiger partial charge is 0.416 e. The summed E-state index contributed by atoms with van der Waals surface area (Å²) in [7, 11) is 0. The average molecular weight is 265 g/mol. The van der Waals surface area contributed by atoms with Crippen molar-refractivity contribution in [1.82, 2.24) is 0 Å². The number of benzene rings is 2. The van der Waals surface area contributed by atoms with Crippen molar-refractivity contribution in [3.63, 3.8) is 0 Å². The van der Waals surface area contributed by atoms with Crippen molar-refractivity contribution in [2.24, 2.45) is 0 Å². The van der Waals surface area contributed by atoms with Gasteiger partial charge in [0.15, 0.2) is 0 Å². The predicted molar refractivity (Wildman–Crippen MR) is 70.8 cm³/mol. The van der Waals surface area contributed by atoms with Gasteiger partial charge in [0.25, 0.3) is 0 Å². The lowest BCUT2D eigenvalue weighted by atomic mass is 9.96. The number of nitrogen functional groups attached to an aromatic ring is 1. The first kappa shape index (κ1) is 13.5. The second kappa shape index (κ2) is 4.61. The molecule has 0 unspecified atom stereocenters. The zero-order chi connectivity index (χ0) is 14.2. The predicted octanol–water partition coefficient (Wildman–Crippen LogP) is 4.57. The Morgan fingerprint density at radius 1 is 0.895 bits per heavy atom. The van der Waals surface area contributed by atoms with Crippen LogP contribution in [-0.2, 0) is 6.18 Å². The Kier molecular flexibility index (Phi) is 3.27. The van der Waals surface area contributed by atoms with Crippen molar-refractivity contribution in [3.8, 4) is 11.1 Å². The molecule has 2 aromatic carbocycles. The molecule has 4 heteroatoms. The Morgan fingerprint density at radius 2 is 1.53 bits per heavy atom. The SMILES string of the molecule is Cc1ccc(-c2ccc(C(F)(F)F)cc2N)c(C)c1. The van der Waals surface area contributed by atoms with Crippen molar-refractivity contribution >= 4 is 5.69 Å². The average Bonchev–Trinajstić information content (AvgIpc) is 2.28. The van der Waals surface area contributed by atoms with Gasteiger partial charge in [-0.25, -0.2) is 0 Å². The number of alkyl halides is 3. The van der Waals surface area contributed by atoms with Gasteiger partial charge in [0.1, 0.15) is 0 Å². The molecule has 1 nitrogen and oxygen atoms in total. The second-order valence-corrected chi connectivity index (χ2v) is 4.62. The van der Waals surface area contributed by atoms with E-state index in [1.54, 1.807) is 0 Å². The van der Waals surface area contributed by atoms with Gasteiger partial charge in [-0.2, -0.15) is 13.2 Å². The Bertz CT molecular complexity index is 615. The minimum absolute atomic E-state index is 0.141. The standard InChI is InChI=1S/C15H14F3N/c1-9-3-5-12(10(2)7-9)13-6-4-11(8-14(13)19)15(16,17)18/h3-8H,19H2,1-2H3. The van der Waals surface area contributed by atoms with Gasteiger partial charge >= 0.3 is 6.18 Å². The number of hydrogen-bond donors (Lipinski definition) is 1. The van der Waals surface area contributed by atoms with E-state index in [0.29, 0.717) is 5.56 Å². The zero-order valence-corrected chi connectivity index (χ0v) is 10.7. The highest BCUT2D eigenvalue weighted by Crippen LogP contribution is 2.35. The molecule has 0 fully saturated rings. The molecule has 0 saturated heterocycles. The molecule has 0 aromatic heterocycles. The number of rotatable bonds is 1. The third kappa shape index (κ3) is 2.72. The molecule has 0 aliphatic heterocycles. The molecule has 0 aliphatic rings. The molecule has 0 aliphatic carbocycles. The summed E-state index contributed by atoms with van der Waals surface area (Å²) < 4.78 is 37.7. The summed E-state index contributed by atoms with van der Waals surface area (Å²) >= 11 is 0. The zero-order valence-electron chi connectivity index (χ0n) is 10.7. The monoisotopic (exact) mass is 265 g/mol. The third-order valence-corrected chi connectivity index (χ3v) is 3.05. The van der Waals surface area contributed by atoms with E-state index in [-0.39, 0.29) is 5.69 Å². The molecule has 0 bridgehead atoms. The molecular formula is C15H14F3N. The molecule has 0 radical (unpaired) electrons. The van der Waals surface area contributed by atoms with Crippen LogP contribution < -0.4 is 5.73 Å². The van der Waals surface area contributed by atoms with Crippen molar-refractivity contribution < 1.29 is 13.2 Å². The van der Waals surface area contributed by atoms with Gasteiger partial charge in [-0.1, -0.05) is 29.8 Å². The Balaban J connectivity index is 2.52. The van der Waals surface area contributed by atoms with E-state index in [9.17, 15) is 13.2 Å². The number of halogens is 3. The minimum atomic E-state index is -4.37. The lowest BCUT2D eigenvalue weighted by Gasteiger charge is -2.13. The van der Waals surface area contributed by atoms with Crippen molar-refractivity contribution in [1.29, 1.82) is 0 Å². The number of anilines is 1. The molecule has 0 amide bonds. The van der Waals surface area contributed by atoms with Gasteiger partial charge in [0, 0.05) is 11.3 Å². The maximum atomic E-state index is 12.6. The molecule has 0 saturated carbocycles. The summed E-state index contributed by atoms with van der Waals surface area (Å²) in [5, 5.41) is 0. The number of aryl methyl sites for hydroxylation is 2. The van der Waals surface area contributed by atoms with Crippen molar-refractivity contribution in [3.05, 3.63) is 53.1 Å².